The number of aromatic nitrogens is 2. The van der Waals surface area contributed by atoms with Crippen LogP contribution in [0.2, 0.25) is 0 Å². The summed E-state index contributed by atoms with van der Waals surface area (Å²) in [6.45, 7) is 5.36. The maximum Gasteiger partial charge on any atom is 0.520 e. The smallest absolute Gasteiger partial charge is 0.390 e. The van der Waals surface area contributed by atoms with E-state index in [1.807, 2.05) is 0 Å². The number of ketones is 1. The van der Waals surface area contributed by atoms with E-state index in [1.165, 1.54) is 18.2 Å². The van der Waals surface area contributed by atoms with Gasteiger partial charge in [0.05, 0.1) is 12.6 Å². The van der Waals surface area contributed by atoms with Gasteiger partial charge in [-0.3, -0.25) is 4.79 Å². The number of ether oxygens (including phenoxy) is 2. The largest absolute Gasteiger partial charge is 0.520 e. The molecule has 2 heterocycles. The van der Waals surface area contributed by atoms with Crippen molar-refractivity contribution in [1.29, 1.82) is 0 Å². The van der Waals surface area contributed by atoms with Crippen molar-refractivity contribution >= 4 is 23.6 Å². The molecule has 1 saturated heterocycles. The molecule has 3 rings (SSSR count). The molecule has 1 saturated carbocycles. The van der Waals surface area contributed by atoms with E-state index in [1.54, 1.807) is 0 Å². The Kier molecular flexibility index (Phi) is 9.80. The maximum absolute atomic E-state index is 12.9. The number of thioether (sulfide) groups is 1. The molecule has 1 aromatic rings. The highest BCUT2D eigenvalue weighted by molar-refractivity contribution is 7.99. The number of nitrogens with one attached hydrogen (secondary N) is 1. The van der Waals surface area contributed by atoms with Crippen LogP contribution < -0.4 is 10.00 Å². The molecule has 174 valence electrons. The molecular weight excluding hydrogens is 418 g/mol. The Morgan fingerprint density at radius 2 is 1.97 bits per heavy atom. The highest BCUT2D eigenvalue weighted by Crippen LogP contribution is 2.20. The zero-order chi connectivity index (χ0) is 22.1. The molecular formula is C22H36N3O5S+. The molecule has 0 bridgehead atoms. The zero-order valence-electron chi connectivity index (χ0n) is 18.8. The van der Waals surface area contributed by atoms with Crippen LogP contribution in [0.5, 0.6) is 0 Å². The summed E-state index contributed by atoms with van der Waals surface area (Å²) in [5.74, 6) is 0.806. The molecule has 9 heteroatoms. The van der Waals surface area contributed by atoms with E-state index < -0.39 is 0 Å². The van der Waals surface area contributed by atoms with Crippen molar-refractivity contribution in [3.05, 3.63) is 5.89 Å². The molecule has 1 aliphatic heterocycles. The van der Waals surface area contributed by atoms with Gasteiger partial charge in [-0.2, -0.15) is 4.79 Å². The number of amides is 1. The van der Waals surface area contributed by atoms with Gasteiger partial charge >= 0.3 is 11.9 Å². The highest BCUT2D eigenvalue weighted by Gasteiger charge is 2.33. The van der Waals surface area contributed by atoms with E-state index in [0.717, 1.165) is 62.7 Å². The fourth-order valence-corrected chi connectivity index (χ4v) is 4.44. The van der Waals surface area contributed by atoms with Gasteiger partial charge in [0.25, 0.3) is 5.22 Å². The summed E-state index contributed by atoms with van der Waals surface area (Å²) in [6, 6.07) is -0.258. The van der Waals surface area contributed by atoms with E-state index in [0.29, 0.717) is 29.9 Å². The Labute approximate surface area is 188 Å². The lowest BCUT2D eigenvalue weighted by Gasteiger charge is -2.22. The average Bonchev–Trinajstić information content (AvgIpc) is 3.21. The Morgan fingerprint density at radius 1 is 1.19 bits per heavy atom. The Morgan fingerprint density at radius 3 is 2.68 bits per heavy atom. The first kappa shape index (κ1) is 24.2. The third-order valence-corrected chi connectivity index (χ3v) is 6.40. The van der Waals surface area contributed by atoms with E-state index in [-0.39, 0.29) is 30.0 Å². The van der Waals surface area contributed by atoms with E-state index in [9.17, 15) is 9.59 Å². The number of Topliss-reactive ketones (excluding diaryl/α,β-unsaturated/α-hetero) is 1. The van der Waals surface area contributed by atoms with Crippen LogP contribution in [0.15, 0.2) is 9.64 Å². The first-order chi connectivity index (χ1) is 15.0. The van der Waals surface area contributed by atoms with Crippen LogP contribution in [-0.2, 0) is 9.47 Å². The predicted octanol–water partition coefficient (Wildman–Crippen LogP) is 4.11. The summed E-state index contributed by atoms with van der Waals surface area (Å²) < 4.78 is 18.1. The lowest BCUT2D eigenvalue weighted by molar-refractivity contribution is -0.640. The van der Waals surface area contributed by atoms with Gasteiger partial charge in [0, 0.05) is 18.8 Å². The molecule has 0 spiro atoms. The monoisotopic (exact) mass is 454 g/mol. The number of carbonyl (C=O) groups is 2. The van der Waals surface area contributed by atoms with Gasteiger partial charge in [-0.25, -0.2) is 5.32 Å². The fourth-order valence-electron chi connectivity index (χ4n) is 3.80. The molecule has 1 aliphatic carbocycles. The van der Waals surface area contributed by atoms with Crippen molar-refractivity contribution in [2.45, 2.75) is 95.6 Å². The van der Waals surface area contributed by atoms with Crippen molar-refractivity contribution in [2.75, 3.05) is 19.0 Å². The summed E-state index contributed by atoms with van der Waals surface area (Å²) in [5.41, 5.74) is 0. The minimum Gasteiger partial charge on any atom is -0.390 e. The van der Waals surface area contributed by atoms with Gasteiger partial charge in [0.2, 0.25) is 5.78 Å². The quantitative estimate of drug-likeness (QED) is 0.246. The van der Waals surface area contributed by atoms with Crippen LogP contribution in [0.25, 0.3) is 0 Å². The molecule has 0 radical (unpaired) electrons. The molecule has 2 aliphatic rings. The summed E-state index contributed by atoms with van der Waals surface area (Å²) in [4.78, 5) is 25.6. The molecule has 1 unspecified atom stereocenters. The molecule has 1 amide bonds. The van der Waals surface area contributed by atoms with Gasteiger partial charge in [-0.05, 0) is 67.1 Å². The Bertz CT molecular complexity index is 712. The van der Waals surface area contributed by atoms with Crippen LogP contribution in [0.3, 0.4) is 0 Å². The van der Waals surface area contributed by atoms with Crippen LogP contribution in [0.1, 0.15) is 88.7 Å². The molecule has 31 heavy (non-hydrogen) atoms. The highest BCUT2D eigenvalue weighted by atomic mass is 32.2. The number of rotatable bonds is 10. The minimum absolute atomic E-state index is 0.00740. The van der Waals surface area contributed by atoms with Crippen LogP contribution in [0.4, 0.5) is 4.79 Å². The second-order valence-corrected chi connectivity index (χ2v) is 9.79. The van der Waals surface area contributed by atoms with Crippen molar-refractivity contribution in [3.63, 3.8) is 0 Å². The molecule has 1 atom stereocenters. The van der Waals surface area contributed by atoms with Crippen molar-refractivity contribution in [1.82, 2.24) is 10.4 Å². The maximum atomic E-state index is 12.9. The third kappa shape index (κ3) is 7.88. The summed E-state index contributed by atoms with van der Waals surface area (Å²) in [6.07, 6.45) is 9.40. The lowest BCUT2D eigenvalue weighted by atomic mass is 9.96. The molecule has 1 aromatic heterocycles. The van der Waals surface area contributed by atoms with Crippen LogP contribution >= 0.6 is 11.8 Å². The SMILES string of the molecule is CC(C)CCC(=O)c1oc(SCCOC2CCCCO2)n[n+]1C(=O)NC1CCCCC1. The Hall–Kier alpha value is -1.45. The summed E-state index contributed by atoms with van der Waals surface area (Å²) in [7, 11) is 0. The van der Waals surface area contributed by atoms with Crippen molar-refractivity contribution in [2.24, 2.45) is 5.92 Å². The van der Waals surface area contributed by atoms with Crippen molar-refractivity contribution in [3.8, 4) is 0 Å². The van der Waals surface area contributed by atoms with Crippen LogP contribution in [0, 0.1) is 5.92 Å². The van der Waals surface area contributed by atoms with Gasteiger partial charge in [0.1, 0.15) is 0 Å². The topological polar surface area (TPSA) is 94.5 Å². The first-order valence-electron chi connectivity index (χ1n) is 11.7. The number of nitrogens with zero attached hydrogens (tertiary/aromatic N) is 2. The van der Waals surface area contributed by atoms with Gasteiger partial charge < -0.3 is 13.9 Å². The predicted molar refractivity (Wildman–Crippen MR) is 116 cm³/mol. The van der Waals surface area contributed by atoms with Gasteiger partial charge in [-0.15, -0.1) is 0 Å². The van der Waals surface area contributed by atoms with E-state index in [4.69, 9.17) is 13.9 Å². The molecule has 2 fully saturated rings. The summed E-state index contributed by atoms with van der Waals surface area (Å²) in [5, 5.41) is 7.62. The van der Waals surface area contributed by atoms with Gasteiger partial charge in [-0.1, -0.05) is 32.0 Å². The molecule has 0 aromatic carbocycles. The average molecular weight is 455 g/mol. The minimum atomic E-state index is -0.387. The normalized spacial score (nSPS) is 20.2. The first-order valence-corrected chi connectivity index (χ1v) is 12.6. The number of carbonyl (C=O) groups excluding carboxylic acids is 2. The van der Waals surface area contributed by atoms with Crippen LogP contribution in [-0.4, -0.2) is 48.2 Å². The molecule has 8 nitrogen and oxygen atoms in total. The second-order valence-electron chi connectivity index (χ2n) is 8.74. The third-order valence-electron chi connectivity index (χ3n) is 5.62. The second kappa shape index (κ2) is 12.6. The van der Waals surface area contributed by atoms with E-state index in [2.05, 4.69) is 24.3 Å². The standard InChI is InChI=1S/C22H35N3O5S/c1-16(2)11-12-18(26)20-25(21(27)23-17-8-4-3-5-9-17)24-22(30-20)31-15-14-29-19-10-6-7-13-28-19/h16-17,19H,3-15H2,1-2H3/p+1. The van der Waals surface area contributed by atoms with Crippen molar-refractivity contribution < 1.29 is 28.2 Å². The summed E-state index contributed by atoms with van der Waals surface area (Å²) >= 11 is 1.34. The number of hydrogen-bond donors (Lipinski definition) is 1. The lowest BCUT2D eigenvalue weighted by Crippen LogP contribution is -2.57. The Balaban J connectivity index is 1.59. The van der Waals surface area contributed by atoms with Gasteiger partial charge in [0.15, 0.2) is 6.29 Å². The number of hydrogen-bond acceptors (Lipinski definition) is 7. The fraction of sp³-hybridized carbons (Fsp3) is 0.818. The van der Waals surface area contributed by atoms with E-state index >= 15 is 0 Å². The zero-order valence-corrected chi connectivity index (χ0v) is 19.6. The molecule has 1 N–H and O–H groups in total.